The molecule has 0 fully saturated rings. The minimum atomic E-state index is -0.554. The van der Waals surface area contributed by atoms with Crippen LogP contribution in [-0.4, -0.2) is 27.0 Å². The van der Waals surface area contributed by atoms with Crippen LogP contribution in [0.5, 0.6) is 0 Å². The van der Waals surface area contributed by atoms with E-state index in [4.69, 9.17) is 5.73 Å². The van der Waals surface area contributed by atoms with E-state index in [1.54, 1.807) is 16.8 Å². The fourth-order valence-electron chi connectivity index (χ4n) is 4.73. The molecular weight excluding hydrogens is 511 g/mol. The number of nitrogens with two attached hydrogens (primary N) is 1. The molecule has 1 atom stereocenters. The number of fused-ring (bicyclic) bond motifs is 2. The van der Waals surface area contributed by atoms with Crippen molar-refractivity contribution in [1.29, 1.82) is 0 Å². The van der Waals surface area contributed by atoms with Crippen molar-refractivity contribution in [3.05, 3.63) is 93.7 Å². The molecule has 4 N–H and O–H groups in total. The van der Waals surface area contributed by atoms with Gasteiger partial charge in [0, 0.05) is 30.7 Å². The summed E-state index contributed by atoms with van der Waals surface area (Å²) in [6.45, 7) is 2.75. The Morgan fingerprint density at radius 3 is 2.68 bits per heavy atom. The molecule has 0 unspecified atom stereocenters. The molecule has 0 spiro atoms. The number of nitrogens with one attached hydrogen (secondary N) is 2. The van der Waals surface area contributed by atoms with E-state index in [1.165, 1.54) is 16.3 Å². The number of carbonyl (C=O) groups excluding carboxylic acids is 1. The highest BCUT2D eigenvalue weighted by Gasteiger charge is 2.30. The summed E-state index contributed by atoms with van der Waals surface area (Å²) < 4.78 is 1.58. The van der Waals surface area contributed by atoms with Crippen LogP contribution in [0.25, 0.3) is 10.8 Å². The molecule has 0 radical (unpaired) electrons. The molecule has 2 aromatic carbocycles. The third-order valence-electron chi connectivity index (χ3n) is 6.60. The van der Waals surface area contributed by atoms with E-state index >= 15 is 0 Å². The number of halogens is 2. The van der Waals surface area contributed by atoms with Crippen molar-refractivity contribution < 1.29 is 4.79 Å². The normalized spacial score (nSPS) is 13.8. The lowest BCUT2D eigenvalue weighted by Crippen LogP contribution is -2.36. The van der Waals surface area contributed by atoms with Crippen LogP contribution < -0.4 is 21.9 Å². The van der Waals surface area contributed by atoms with E-state index in [0.29, 0.717) is 31.7 Å². The predicted molar refractivity (Wildman–Crippen MR) is 152 cm³/mol. The topological polar surface area (TPSA) is 115 Å². The zero-order valence-corrected chi connectivity index (χ0v) is 22.1. The molecule has 0 aliphatic carbocycles. The summed E-state index contributed by atoms with van der Waals surface area (Å²) in [4.78, 5) is 34.8. The van der Waals surface area contributed by atoms with Gasteiger partial charge in [0.05, 0.1) is 0 Å². The van der Waals surface area contributed by atoms with Gasteiger partial charge >= 0.3 is 0 Å². The van der Waals surface area contributed by atoms with Crippen molar-refractivity contribution in [3.8, 4) is 0 Å². The maximum atomic E-state index is 13.2. The maximum Gasteiger partial charge on any atom is 0.294 e. The molecule has 37 heavy (non-hydrogen) atoms. The van der Waals surface area contributed by atoms with E-state index in [9.17, 15) is 9.59 Å². The van der Waals surface area contributed by atoms with Gasteiger partial charge < -0.3 is 16.4 Å². The number of aromatic nitrogens is 3. The average molecular weight is 541 g/mol. The number of hydrogen-bond acceptors (Lipinski definition) is 6. The van der Waals surface area contributed by atoms with Crippen LogP contribution in [0.15, 0.2) is 65.6 Å². The van der Waals surface area contributed by atoms with Crippen molar-refractivity contribution in [2.75, 3.05) is 17.6 Å². The number of benzene rings is 2. The average Bonchev–Trinajstić information content (AvgIpc) is 3.30. The lowest BCUT2D eigenvalue weighted by molar-refractivity contribution is -0.124. The monoisotopic (exact) mass is 540 g/mol. The van der Waals surface area contributed by atoms with Crippen LogP contribution in [0.2, 0.25) is 0 Å². The third kappa shape index (κ3) is 5.87. The molecular formula is C27H30Cl2N6O2. The molecule has 2 aromatic heterocycles. The van der Waals surface area contributed by atoms with Gasteiger partial charge in [-0.2, -0.15) is 0 Å². The number of nitrogens with zero attached hydrogens (tertiary/aromatic N) is 3. The predicted octanol–water partition coefficient (Wildman–Crippen LogP) is 3.98. The van der Waals surface area contributed by atoms with E-state index in [2.05, 4.69) is 44.9 Å². The number of nitrogen functional groups attached to an aromatic ring is 1. The highest BCUT2D eigenvalue weighted by atomic mass is 35.5. The van der Waals surface area contributed by atoms with Gasteiger partial charge in [0.15, 0.2) is 5.82 Å². The standard InChI is InChI=1S/C27H28N6O2.2ClH/c1-17-20(9-12-24(28)32-17)15-31-26(34)23-11-10-21-16-30-25(27(35)33(21)23)29-14-13-19-7-4-6-18-5-2-3-8-22(18)19;;/h2-9,12,16,23H,10-11,13-15H2,1H3,(H2,28,32)(H,29,30)(H,31,34);2*1H/t23-;;/m0../s1. The Morgan fingerprint density at radius 2 is 1.86 bits per heavy atom. The van der Waals surface area contributed by atoms with Crippen LogP contribution in [0.3, 0.4) is 0 Å². The number of carbonyl (C=O) groups is 1. The third-order valence-corrected chi connectivity index (χ3v) is 6.60. The minimum absolute atomic E-state index is 0. The summed E-state index contributed by atoms with van der Waals surface area (Å²) in [5.41, 5.74) is 9.10. The molecule has 0 saturated heterocycles. The van der Waals surface area contributed by atoms with Gasteiger partial charge in [-0.05, 0) is 54.2 Å². The van der Waals surface area contributed by atoms with Crippen molar-refractivity contribution in [1.82, 2.24) is 19.9 Å². The first-order valence-electron chi connectivity index (χ1n) is 11.8. The quantitative estimate of drug-likeness (QED) is 0.326. The van der Waals surface area contributed by atoms with Gasteiger partial charge in [-0.25, -0.2) is 9.97 Å². The van der Waals surface area contributed by atoms with Gasteiger partial charge in [0.1, 0.15) is 11.9 Å². The smallest absolute Gasteiger partial charge is 0.294 e. The Labute approximate surface area is 227 Å². The number of aryl methyl sites for hydroxylation is 2. The lowest BCUT2D eigenvalue weighted by Gasteiger charge is -2.16. The molecule has 0 bridgehead atoms. The first-order chi connectivity index (χ1) is 17.0. The van der Waals surface area contributed by atoms with Crippen molar-refractivity contribution in [2.24, 2.45) is 0 Å². The number of pyridine rings is 1. The Balaban J connectivity index is 0.00000190. The first kappa shape index (κ1) is 28.0. The molecule has 0 saturated carbocycles. The SMILES string of the molecule is Cc1nc(N)ccc1CNC(=O)[C@@H]1CCc2cnc(NCCc3cccc4ccccc34)c(=O)n21.Cl.Cl. The molecule has 5 rings (SSSR count). The Bertz CT molecular complexity index is 1470. The summed E-state index contributed by atoms with van der Waals surface area (Å²) in [5, 5.41) is 8.54. The number of amides is 1. The number of hydrogen-bond donors (Lipinski definition) is 3. The van der Waals surface area contributed by atoms with E-state index in [1.807, 2.05) is 31.2 Å². The minimum Gasteiger partial charge on any atom is -0.384 e. The zero-order chi connectivity index (χ0) is 24.4. The van der Waals surface area contributed by atoms with Crippen LogP contribution in [0.1, 0.15) is 35.0 Å². The Morgan fingerprint density at radius 1 is 1.08 bits per heavy atom. The van der Waals surface area contributed by atoms with E-state index in [-0.39, 0.29) is 42.1 Å². The number of anilines is 2. The zero-order valence-electron chi connectivity index (χ0n) is 20.4. The molecule has 4 aromatic rings. The van der Waals surface area contributed by atoms with E-state index < -0.39 is 6.04 Å². The molecule has 1 aliphatic rings. The van der Waals surface area contributed by atoms with Crippen molar-refractivity contribution in [2.45, 2.75) is 38.8 Å². The fraction of sp³-hybridized carbons (Fsp3) is 0.259. The summed E-state index contributed by atoms with van der Waals surface area (Å²) in [6, 6.07) is 17.5. The van der Waals surface area contributed by atoms with Gasteiger partial charge in [-0.1, -0.05) is 48.5 Å². The second-order valence-electron chi connectivity index (χ2n) is 8.84. The highest BCUT2D eigenvalue weighted by Crippen LogP contribution is 2.24. The highest BCUT2D eigenvalue weighted by molar-refractivity contribution is 5.86. The molecule has 1 amide bonds. The van der Waals surface area contributed by atoms with Gasteiger partial charge in [0.2, 0.25) is 5.91 Å². The van der Waals surface area contributed by atoms with Gasteiger partial charge in [0.25, 0.3) is 5.56 Å². The summed E-state index contributed by atoms with van der Waals surface area (Å²) in [5.74, 6) is 0.532. The summed E-state index contributed by atoms with van der Waals surface area (Å²) in [6.07, 6.45) is 3.66. The largest absolute Gasteiger partial charge is 0.384 e. The van der Waals surface area contributed by atoms with E-state index in [0.717, 1.165) is 23.4 Å². The Kier molecular flexibility index (Phi) is 9.13. The first-order valence-corrected chi connectivity index (χ1v) is 11.8. The van der Waals surface area contributed by atoms with Crippen LogP contribution in [0, 0.1) is 6.92 Å². The fourth-order valence-corrected chi connectivity index (χ4v) is 4.73. The molecule has 10 heteroatoms. The van der Waals surface area contributed by atoms with Gasteiger partial charge in [-0.3, -0.25) is 14.2 Å². The van der Waals surface area contributed by atoms with Crippen LogP contribution in [-0.2, 0) is 24.2 Å². The van der Waals surface area contributed by atoms with Crippen molar-refractivity contribution in [3.63, 3.8) is 0 Å². The summed E-state index contributed by atoms with van der Waals surface area (Å²) >= 11 is 0. The van der Waals surface area contributed by atoms with Gasteiger partial charge in [-0.15, -0.1) is 24.8 Å². The summed E-state index contributed by atoms with van der Waals surface area (Å²) in [7, 11) is 0. The maximum absolute atomic E-state index is 13.2. The molecule has 1 aliphatic heterocycles. The Hall–Kier alpha value is -3.62. The second-order valence-corrected chi connectivity index (χ2v) is 8.84. The lowest BCUT2D eigenvalue weighted by atomic mass is 10.0. The van der Waals surface area contributed by atoms with Crippen LogP contribution in [0.4, 0.5) is 11.6 Å². The molecule has 8 nitrogen and oxygen atoms in total. The molecule has 194 valence electrons. The number of rotatable bonds is 7. The second kappa shape index (κ2) is 12.1. The van der Waals surface area contributed by atoms with Crippen LogP contribution >= 0.6 is 24.8 Å². The molecule has 3 heterocycles. The van der Waals surface area contributed by atoms with Crippen molar-refractivity contribution >= 4 is 53.1 Å².